The highest BCUT2D eigenvalue weighted by Gasteiger charge is 2.25. The Morgan fingerprint density at radius 1 is 0.679 bits per heavy atom. The van der Waals surface area contributed by atoms with Crippen LogP contribution in [-0.2, 0) is 0 Å². The summed E-state index contributed by atoms with van der Waals surface area (Å²) in [4.78, 5) is 28.7. The first-order valence-corrected chi connectivity index (χ1v) is 9.19. The van der Waals surface area contributed by atoms with Gasteiger partial charge in [0.2, 0.25) is 0 Å². The maximum Gasteiger partial charge on any atom is 0.253 e. The number of rotatable bonds is 3. The molecule has 0 N–H and O–H groups in total. The second-order valence-electron chi connectivity index (χ2n) is 6.73. The summed E-state index contributed by atoms with van der Waals surface area (Å²) in [5, 5.41) is 0. The standard InChI is InChI=1S/C22H20FN3O2/c23-19-7-3-17(4-8-19)21(27)25-13-15-26(16-14-25)22(28)18-5-9-20(10-6-18)24-11-1-2-12-24/h1-12H,13-16H2. The first kappa shape index (κ1) is 18.0. The van der Waals surface area contributed by atoms with E-state index in [0.717, 1.165) is 5.69 Å². The SMILES string of the molecule is O=C(c1ccc(F)cc1)N1CCN(C(=O)c2ccc(-n3cccc3)cc2)CC1. The van der Waals surface area contributed by atoms with Crippen molar-refractivity contribution in [3.63, 3.8) is 0 Å². The number of amides is 2. The number of carbonyl (C=O) groups is 2. The molecule has 1 fully saturated rings. The lowest BCUT2D eigenvalue weighted by Gasteiger charge is -2.35. The molecule has 2 aromatic carbocycles. The predicted octanol–water partition coefficient (Wildman–Crippen LogP) is 3.21. The molecule has 1 aliphatic heterocycles. The third kappa shape index (κ3) is 3.67. The van der Waals surface area contributed by atoms with E-state index >= 15 is 0 Å². The maximum atomic E-state index is 13.0. The van der Waals surface area contributed by atoms with Crippen molar-refractivity contribution in [3.05, 3.63) is 90.0 Å². The molecule has 1 aliphatic rings. The molecular weight excluding hydrogens is 357 g/mol. The Labute approximate surface area is 162 Å². The van der Waals surface area contributed by atoms with Crippen LogP contribution in [0.15, 0.2) is 73.1 Å². The molecule has 0 spiro atoms. The van der Waals surface area contributed by atoms with Gasteiger partial charge < -0.3 is 14.4 Å². The van der Waals surface area contributed by atoms with Crippen molar-refractivity contribution in [2.24, 2.45) is 0 Å². The van der Waals surface area contributed by atoms with Crippen molar-refractivity contribution in [2.75, 3.05) is 26.2 Å². The molecule has 1 saturated heterocycles. The van der Waals surface area contributed by atoms with Gasteiger partial charge in [-0.2, -0.15) is 0 Å². The highest BCUT2D eigenvalue weighted by molar-refractivity contribution is 5.96. The van der Waals surface area contributed by atoms with Crippen molar-refractivity contribution >= 4 is 11.8 Å². The predicted molar refractivity (Wildman–Crippen MR) is 104 cm³/mol. The zero-order valence-corrected chi connectivity index (χ0v) is 15.3. The van der Waals surface area contributed by atoms with Crippen LogP contribution in [0, 0.1) is 5.82 Å². The van der Waals surface area contributed by atoms with Gasteiger partial charge in [-0.05, 0) is 60.7 Å². The lowest BCUT2D eigenvalue weighted by atomic mass is 10.1. The van der Waals surface area contributed by atoms with E-state index in [1.54, 1.807) is 9.80 Å². The summed E-state index contributed by atoms with van der Waals surface area (Å²) in [6.45, 7) is 1.88. The second kappa shape index (κ2) is 7.68. The van der Waals surface area contributed by atoms with Crippen LogP contribution in [0.3, 0.4) is 0 Å². The first-order chi connectivity index (χ1) is 13.6. The summed E-state index contributed by atoms with van der Waals surface area (Å²) in [7, 11) is 0. The normalized spacial score (nSPS) is 14.2. The number of piperazine rings is 1. The van der Waals surface area contributed by atoms with E-state index in [0.29, 0.717) is 37.3 Å². The fourth-order valence-electron chi connectivity index (χ4n) is 3.35. The summed E-state index contributed by atoms with van der Waals surface area (Å²) in [5.74, 6) is -0.536. The van der Waals surface area contributed by atoms with Gasteiger partial charge >= 0.3 is 0 Å². The van der Waals surface area contributed by atoms with Gasteiger partial charge in [-0.25, -0.2) is 4.39 Å². The van der Waals surface area contributed by atoms with Crippen molar-refractivity contribution in [2.45, 2.75) is 0 Å². The van der Waals surface area contributed by atoms with Gasteiger partial charge in [-0.15, -0.1) is 0 Å². The van der Waals surface area contributed by atoms with E-state index in [2.05, 4.69) is 0 Å². The van der Waals surface area contributed by atoms with Crippen LogP contribution >= 0.6 is 0 Å². The fourth-order valence-corrected chi connectivity index (χ4v) is 3.35. The summed E-state index contributed by atoms with van der Waals surface area (Å²) >= 11 is 0. The van der Waals surface area contributed by atoms with E-state index in [1.165, 1.54) is 24.3 Å². The van der Waals surface area contributed by atoms with Crippen molar-refractivity contribution in [1.82, 2.24) is 14.4 Å². The van der Waals surface area contributed by atoms with E-state index in [4.69, 9.17) is 0 Å². The first-order valence-electron chi connectivity index (χ1n) is 9.19. The van der Waals surface area contributed by atoms with Gasteiger partial charge in [-0.1, -0.05) is 0 Å². The third-order valence-corrected chi connectivity index (χ3v) is 4.96. The molecule has 0 atom stereocenters. The summed E-state index contributed by atoms with van der Waals surface area (Å²) in [6, 6.07) is 16.9. The van der Waals surface area contributed by atoms with Crippen LogP contribution in [0.2, 0.25) is 0 Å². The molecule has 1 aromatic heterocycles. The van der Waals surface area contributed by atoms with E-state index in [1.807, 2.05) is 53.4 Å². The monoisotopic (exact) mass is 377 g/mol. The molecule has 6 heteroatoms. The Balaban J connectivity index is 1.37. The van der Waals surface area contributed by atoms with E-state index < -0.39 is 0 Å². The fraction of sp³-hybridized carbons (Fsp3) is 0.182. The zero-order chi connectivity index (χ0) is 19.5. The molecule has 4 rings (SSSR count). The number of nitrogens with zero attached hydrogens (tertiary/aromatic N) is 3. The average Bonchev–Trinajstić information content (AvgIpc) is 3.28. The molecule has 0 aliphatic carbocycles. The van der Waals surface area contributed by atoms with Crippen molar-refractivity contribution in [1.29, 1.82) is 0 Å². The Hall–Kier alpha value is -3.41. The molecule has 5 nitrogen and oxygen atoms in total. The Morgan fingerprint density at radius 3 is 1.57 bits per heavy atom. The number of carbonyl (C=O) groups excluding carboxylic acids is 2. The van der Waals surface area contributed by atoms with Gasteiger partial charge in [0.05, 0.1) is 0 Å². The molecule has 0 unspecified atom stereocenters. The number of benzene rings is 2. The molecule has 2 amide bonds. The molecule has 0 radical (unpaired) electrons. The molecule has 142 valence electrons. The molecule has 0 saturated carbocycles. The van der Waals surface area contributed by atoms with Crippen LogP contribution in [-0.4, -0.2) is 52.4 Å². The number of aromatic nitrogens is 1. The van der Waals surface area contributed by atoms with Crippen LogP contribution in [0.4, 0.5) is 4.39 Å². The minimum atomic E-state index is -0.366. The Bertz CT molecular complexity index is 958. The topological polar surface area (TPSA) is 45.6 Å². The molecular formula is C22H20FN3O2. The lowest BCUT2D eigenvalue weighted by Crippen LogP contribution is -2.50. The quantitative estimate of drug-likeness (QED) is 0.704. The zero-order valence-electron chi connectivity index (χ0n) is 15.3. The Morgan fingerprint density at radius 2 is 1.11 bits per heavy atom. The largest absolute Gasteiger partial charge is 0.335 e. The molecule has 28 heavy (non-hydrogen) atoms. The van der Waals surface area contributed by atoms with Gasteiger partial charge in [-0.3, -0.25) is 9.59 Å². The minimum Gasteiger partial charge on any atom is -0.335 e. The van der Waals surface area contributed by atoms with Gasteiger partial charge in [0.25, 0.3) is 11.8 Å². The van der Waals surface area contributed by atoms with Gasteiger partial charge in [0.1, 0.15) is 5.82 Å². The molecule has 2 heterocycles. The van der Waals surface area contributed by atoms with Crippen LogP contribution in [0.1, 0.15) is 20.7 Å². The number of halogens is 1. The summed E-state index contributed by atoms with van der Waals surface area (Å²) in [5.41, 5.74) is 2.09. The van der Waals surface area contributed by atoms with E-state index in [9.17, 15) is 14.0 Å². The molecule has 3 aromatic rings. The number of hydrogen-bond acceptors (Lipinski definition) is 2. The average molecular weight is 377 g/mol. The van der Waals surface area contributed by atoms with Gasteiger partial charge in [0, 0.05) is 55.4 Å². The third-order valence-electron chi connectivity index (χ3n) is 4.96. The number of hydrogen-bond donors (Lipinski definition) is 0. The lowest BCUT2D eigenvalue weighted by molar-refractivity contribution is 0.0535. The maximum absolute atomic E-state index is 13.0. The van der Waals surface area contributed by atoms with Crippen molar-refractivity contribution in [3.8, 4) is 5.69 Å². The van der Waals surface area contributed by atoms with Crippen LogP contribution in [0.5, 0.6) is 0 Å². The smallest absolute Gasteiger partial charge is 0.253 e. The highest BCUT2D eigenvalue weighted by atomic mass is 19.1. The highest BCUT2D eigenvalue weighted by Crippen LogP contribution is 2.15. The van der Waals surface area contributed by atoms with Crippen LogP contribution < -0.4 is 0 Å². The summed E-state index contributed by atoms with van der Waals surface area (Å²) < 4.78 is 15.0. The van der Waals surface area contributed by atoms with Gasteiger partial charge in [0.15, 0.2) is 0 Å². The Kier molecular flexibility index (Phi) is 4.93. The van der Waals surface area contributed by atoms with Crippen molar-refractivity contribution < 1.29 is 14.0 Å². The summed E-state index contributed by atoms with van der Waals surface area (Å²) in [6.07, 6.45) is 3.91. The van der Waals surface area contributed by atoms with E-state index in [-0.39, 0.29) is 17.6 Å². The molecule has 0 bridgehead atoms. The van der Waals surface area contributed by atoms with Crippen LogP contribution in [0.25, 0.3) is 5.69 Å². The second-order valence-corrected chi connectivity index (χ2v) is 6.73. The minimum absolute atomic E-state index is 0.0343.